The highest BCUT2D eigenvalue weighted by atomic mass is 32.1. The van der Waals surface area contributed by atoms with Crippen LogP contribution in [-0.2, 0) is 22.5 Å². The van der Waals surface area contributed by atoms with E-state index < -0.39 is 12.1 Å². The Labute approximate surface area is 203 Å². The summed E-state index contributed by atoms with van der Waals surface area (Å²) >= 11 is 1.48. The largest absolute Gasteiger partial charge is 0.496 e. The molecule has 0 saturated carbocycles. The minimum Gasteiger partial charge on any atom is -0.496 e. The molecular formula is C26H30N2O5S. The maximum absolute atomic E-state index is 12.9. The van der Waals surface area contributed by atoms with Crippen molar-refractivity contribution >= 4 is 23.2 Å². The topological polar surface area (TPSA) is 97.8 Å². The Morgan fingerprint density at radius 3 is 2.53 bits per heavy atom. The van der Waals surface area contributed by atoms with Crippen molar-refractivity contribution in [1.29, 1.82) is 0 Å². The van der Waals surface area contributed by atoms with Gasteiger partial charge in [0.15, 0.2) is 6.10 Å². The number of amides is 1. The molecule has 1 atom stereocenters. The van der Waals surface area contributed by atoms with Gasteiger partial charge in [0.2, 0.25) is 0 Å². The average molecular weight is 483 g/mol. The van der Waals surface area contributed by atoms with Crippen LogP contribution in [-0.4, -0.2) is 41.8 Å². The predicted octanol–water partition coefficient (Wildman–Crippen LogP) is 4.79. The van der Waals surface area contributed by atoms with Gasteiger partial charge in [0, 0.05) is 35.6 Å². The number of thiazole rings is 1. The first-order valence-electron chi connectivity index (χ1n) is 11.1. The lowest BCUT2D eigenvalue weighted by Gasteiger charge is -2.15. The third kappa shape index (κ3) is 6.42. The second-order valence-electron chi connectivity index (χ2n) is 8.02. The number of methoxy groups -OCH3 is 1. The molecule has 1 unspecified atom stereocenters. The molecule has 3 aromatic rings. The number of hydrogen-bond acceptors (Lipinski definition) is 6. The van der Waals surface area contributed by atoms with Gasteiger partial charge in [-0.15, -0.1) is 11.3 Å². The number of ether oxygens (including phenoxy) is 2. The van der Waals surface area contributed by atoms with E-state index in [1.807, 2.05) is 57.2 Å². The maximum Gasteiger partial charge on any atom is 0.333 e. The number of hydrogen-bond donors (Lipinski definition) is 2. The number of carboxylic acids is 1. The Hall–Kier alpha value is -3.23. The van der Waals surface area contributed by atoms with Gasteiger partial charge in [-0.3, -0.25) is 4.79 Å². The van der Waals surface area contributed by atoms with Crippen molar-refractivity contribution in [2.24, 2.45) is 0 Å². The smallest absolute Gasteiger partial charge is 0.333 e. The van der Waals surface area contributed by atoms with E-state index >= 15 is 0 Å². The van der Waals surface area contributed by atoms with Crippen LogP contribution in [0.25, 0.3) is 10.6 Å². The zero-order chi connectivity index (χ0) is 24.7. The number of carbonyl (C=O) groups is 2. The van der Waals surface area contributed by atoms with E-state index in [1.165, 1.54) is 11.3 Å². The number of aromatic nitrogens is 1. The van der Waals surface area contributed by atoms with Crippen molar-refractivity contribution < 1.29 is 24.2 Å². The molecule has 0 aliphatic rings. The van der Waals surface area contributed by atoms with Gasteiger partial charge in [-0.2, -0.15) is 0 Å². The lowest BCUT2D eigenvalue weighted by atomic mass is 10.0. The van der Waals surface area contributed by atoms with Crippen LogP contribution in [0.5, 0.6) is 5.75 Å². The number of rotatable bonds is 11. The van der Waals surface area contributed by atoms with Crippen molar-refractivity contribution in [3.63, 3.8) is 0 Å². The second kappa shape index (κ2) is 11.8. The van der Waals surface area contributed by atoms with Crippen molar-refractivity contribution in [3.05, 3.63) is 69.7 Å². The summed E-state index contributed by atoms with van der Waals surface area (Å²) < 4.78 is 10.9. The summed E-state index contributed by atoms with van der Waals surface area (Å²) in [5.41, 5.74) is 4.08. The molecule has 0 radical (unpaired) electrons. The highest BCUT2D eigenvalue weighted by Gasteiger charge is 2.20. The molecule has 3 rings (SSSR count). The molecular weight excluding hydrogens is 452 g/mol. The van der Waals surface area contributed by atoms with E-state index in [9.17, 15) is 14.7 Å². The molecule has 0 bridgehead atoms. The number of nitrogens with zero attached hydrogens (tertiary/aromatic N) is 1. The third-order valence-electron chi connectivity index (χ3n) is 5.31. The van der Waals surface area contributed by atoms with Crippen LogP contribution >= 0.6 is 11.3 Å². The molecule has 0 aliphatic heterocycles. The summed E-state index contributed by atoms with van der Waals surface area (Å²) in [7, 11) is 1.56. The molecule has 1 aromatic heterocycles. The van der Waals surface area contributed by atoms with Gasteiger partial charge in [0.25, 0.3) is 5.91 Å². The Morgan fingerprint density at radius 2 is 1.88 bits per heavy atom. The van der Waals surface area contributed by atoms with Crippen molar-refractivity contribution in [2.45, 2.75) is 46.3 Å². The Morgan fingerprint density at radius 1 is 1.15 bits per heavy atom. The molecule has 2 N–H and O–H groups in total. The molecule has 1 amide bonds. The maximum atomic E-state index is 12.9. The minimum absolute atomic E-state index is 0.222. The molecule has 0 saturated heterocycles. The lowest BCUT2D eigenvalue weighted by molar-refractivity contribution is -0.150. The average Bonchev–Trinajstić information content (AvgIpc) is 3.22. The first kappa shape index (κ1) is 25.4. The number of benzene rings is 2. The molecule has 2 aromatic carbocycles. The number of aliphatic carboxylic acids is 1. The standard InChI is InChI=1S/C26H30N2O5S/c1-5-12-33-22(26(30)31)14-18-8-11-21(32-4)20(13-18)15-27-24(29)23-17(3)34-25(28-23)19-9-6-16(2)7-10-19/h6-11,13,22H,5,12,14-15H2,1-4H3,(H,27,29)(H,30,31). The molecule has 8 heteroatoms. The van der Waals surface area contributed by atoms with Crippen LogP contribution < -0.4 is 10.1 Å². The van der Waals surface area contributed by atoms with E-state index in [1.54, 1.807) is 13.2 Å². The summed E-state index contributed by atoms with van der Waals surface area (Å²) in [6, 6.07) is 13.5. The number of nitrogens with one attached hydrogen (secondary N) is 1. The molecule has 0 fully saturated rings. The summed E-state index contributed by atoms with van der Waals surface area (Å²) in [6.07, 6.45) is 0.0464. The van der Waals surface area contributed by atoms with Crippen molar-refractivity contribution in [1.82, 2.24) is 10.3 Å². The SMILES string of the molecule is CCCOC(Cc1ccc(OC)c(CNC(=O)c2nc(-c3ccc(C)cc3)sc2C)c1)C(=O)O. The fourth-order valence-corrected chi connectivity index (χ4v) is 4.39. The fourth-order valence-electron chi connectivity index (χ4n) is 3.47. The normalized spacial score (nSPS) is 11.8. The lowest BCUT2D eigenvalue weighted by Crippen LogP contribution is -2.27. The zero-order valence-electron chi connectivity index (χ0n) is 19.9. The predicted molar refractivity (Wildman–Crippen MR) is 133 cm³/mol. The van der Waals surface area contributed by atoms with Gasteiger partial charge in [-0.25, -0.2) is 9.78 Å². The Bertz CT molecular complexity index is 1140. The monoisotopic (exact) mass is 482 g/mol. The molecule has 0 aliphatic carbocycles. The van der Waals surface area contributed by atoms with Crippen LogP contribution in [0.15, 0.2) is 42.5 Å². The van der Waals surface area contributed by atoms with E-state index in [4.69, 9.17) is 9.47 Å². The first-order valence-corrected chi connectivity index (χ1v) is 12.0. The number of carboxylic acid groups (broad SMARTS) is 1. The van der Waals surface area contributed by atoms with Gasteiger partial charge in [0.05, 0.1) is 7.11 Å². The highest BCUT2D eigenvalue weighted by Crippen LogP contribution is 2.28. The molecule has 1 heterocycles. The summed E-state index contributed by atoms with van der Waals surface area (Å²) in [5.74, 6) is -0.655. The number of carbonyl (C=O) groups excluding carboxylic acids is 1. The van der Waals surface area contributed by atoms with Crippen LogP contribution in [0.2, 0.25) is 0 Å². The highest BCUT2D eigenvalue weighted by molar-refractivity contribution is 7.15. The van der Waals surface area contributed by atoms with Gasteiger partial charge in [-0.05, 0) is 31.9 Å². The summed E-state index contributed by atoms with van der Waals surface area (Å²) in [6.45, 7) is 6.45. The fraction of sp³-hybridized carbons (Fsp3) is 0.346. The van der Waals surface area contributed by atoms with Crippen molar-refractivity contribution in [2.75, 3.05) is 13.7 Å². The quantitative estimate of drug-likeness (QED) is 0.408. The van der Waals surface area contributed by atoms with Gasteiger partial charge >= 0.3 is 5.97 Å². The Balaban J connectivity index is 1.73. The van der Waals surface area contributed by atoms with Crippen LogP contribution in [0.3, 0.4) is 0 Å². The zero-order valence-corrected chi connectivity index (χ0v) is 20.7. The first-order chi connectivity index (χ1) is 16.3. The second-order valence-corrected chi connectivity index (χ2v) is 9.22. The molecule has 34 heavy (non-hydrogen) atoms. The van der Waals surface area contributed by atoms with Crippen LogP contribution in [0.4, 0.5) is 0 Å². The Kier molecular flexibility index (Phi) is 8.79. The van der Waals surface area contributed by atoms with Gasteiger partial charge in [0.1, 0.15) is 16.5 Å². The molecule has 180 valence electrons. The number of aryl methyl sites for hydroxylation is 2. The van der Waals surface area contributed by atoms with Crippen LogP contribution in [0.1, 0.15) is 45.4 Å². The van der Waals surface area contributed by atoms with E-state index in [0.29, 0.717) is 18.1 Å². The van der Waals surface area contributed by atoms with E-state index in [-0.39, 0.29) is 18.9 Å². The molecule has 7 nitrogen and oxygen atoms in total. The van der Waals surface area contributed by atoms with Crippen molar-refractivity contribution in [3.8, 4) is 16.3 Å². The van der Waals surface area contributed by atoms with E-state index in [0.717, 1.165) is 38.6 Å². The van der Waals surface area contributed by atoms with Gasteiger partial charge in [-0.1, -0.05) is 48.9 Å². The molecule has 0 spiro atoms. The minimum atomic E-state index is -0.998. The van der Waals surface area contributed by atoms with E-state index in [2.05, 4.69) is 10.3 Å². The van der Waals surface area contributed by atoms with Gasteiger partial charge < -0.3 is 19.9 Å². The van der Waals surface area contributed by atoms with Crippen LogP contribution in [0, 0.1) is 13.8 Å². The summed E-state index contributed by atoms with van der Waals surface area (Å²) in [4.78, 5) is 29.8. The third-order valence-corrected chi connectivity index (χ3v) is 6.33. The summed E-state index contributed by atoms with van der Waals surface area (Å²) in [5, 5.41) is 13.2.